The summed E-state index contributed by atoms with van der Waals surface area (Å²) in [4.78, 5) is 22.3. The van der Waals surface area contributed by atoms with E-state index in [2.05, 4.69) is 0 Å². The molecule has 0 unspecified atom stereocenters. The molecule has 0 atom stereocenters. The SMILES string of the molecule is CCCc1c(C)c(C)cc(C(=O)O)c1C(=O)O. The number of aromatic carboxylic acids is 2. The maximum absolute atomic E-state index is 11.2. The Morgan fingerprint density at radius 2 is 1.76 bits per heavy atom. The van der Waals surface area contributed by atoms with Crippen LogP contribution in [-0.4, -0.2) is 22.2 Å². The Morgan fingerprint density at radius 1 is 1.18 bits per heavy atom. The van der Waals surface area contributed by atoms with Crippen molar-refractivity contribution in [2.75, 3.05) is 0 Å². The van der Waals surface area contributed by atoms with Crippen molar-refractivity contribution in [3.05, 3.63) is 33.9 Å². The van der Waals surface area contributed by atoms with Crippen LogP contribution in [0.15, 0.2) is 6.07 Å². The van der Waals surface area contributed by atoms with Crippen LogP contribution in [0.1, 0.15) is 50.8 Å². The zero-order valence-electron chi connectivity index (χ0n) is 10.2. The van der Waals surface area contributed by atoms with Gasteiger partial charge in [0, 0.05) is 0 Å². The van der Waals surface area contributed by atoms with Crippen molar-refractivity contribution >= 4 is 11.9 Å². The Hall–Kier alpha value is -1.84. The normalized spacial score (nSPS) is 10.3. The number of carboxylic acids is 2. The van der Waals surface area contributed by atoms with E-state index in [0.29, 0.717) is 12.0 Å². The zero-order chi connectivity index (χ0) is 13.2. The van der Waals surface area contributed by atoms with Gasteiger partial charge in [-0.1, -0.05) is 13.3 Å². The molecule has 92 valence electrons. The van der Waals surface area contributed by atoms with E-state index in [9.17, 15) is 14.7 Å². The molecule has 0 aliphatic carbocycles. The van der Waals surface area contributed by atoms with Crippen molar-refractivity contribution in [1.82, 2.24) is 0 Å². The summed E-state index contributed by atoms with van der Waals surface area (Å²) < 4.78 is 0. The summed E-state index contributed by atoms with van der Waals surface area (Å²) in [6, 6.07) is 1.43. The van der Waals surface area contributed by atoms with E-state index in [4.69, 9.17) is 5.11 Å². The first kappa shape index (κ1) is 13.2. The number of carbonyl (C=O) groups is 2. The summed E-state index contributed by atoms with van der Waals surface area (Å²) in [6.07, 6.45) is 1.36. The van der Waals surface area contributed by atoms with Crippen molar-refractivity contribution in [3.8, 4) is 0 Å². The minimum absolute atomic E-state index is 0.0672. The predicted molar refractivity (Wildman–Crippen MR) is 63.8 cm³/mol. The lowest BCUT2D eigenvalue weighted by atomic mass is 9.90. The number of carboxylic acid groups (broad SMARTS) is 2. The number of hydrogen-bond acceptors (Lipinski definition) is 2. The minimum Gasteiger partial charge on any atom is -0.478 e. The molecule has 1 aromatic carbocycles. The maximum atomic E-state index is 11.2. The molecular formula is C13H16O4. The lowest BCUT2D eigenvalue weighted by Gasteiger charge is -2.14. The molecule has 0 amide bonds. The molecule has 0 saturated heterocycles. The fraction of sp³-hybridized carbons (Fsp3) is 0.385. The molecule has 17 heavy (non-hydrogen) atoms. The number of hydrogen-bond donors (Lipinski definition) is 2. The quantitative estimate of drug-likeness (QED) is 0.842. The van der Waals surface area contributed by atoms with Gasteiger partial charge in [-0.15, -0.1) is 0 Å². The summed E-state index contributed by atoms with van der Waals surface area (Å²) in [5.41, 5.74) is 2.13. The Morgan fingerprint density at radius 3 is 2.18 bits per heavy atom. The van der Waals surface area contributed by atoms with Crippen molar-refractivity contribution in [1.29, 1.82) is 0 Å². The van der Waals surface area contributed by atoms with Gasteiger partial charge >= 0.3 is 11.9 Å². The minimum atomic E-state index is -1.19. The summed E-state index contributed by atoms with van der Waals surface area (Å²) in [5, 5.41) is 18.2. The molecule has 1 aromatic rings. The van der Waals surface area contributed by atoms with Gasteiger partial charge < -0.3 is 10.2 Å². The largest absolute Gasteiger partial charge is 0.478 e. The summed E-state index contributed by atoms with van der Waals surface area (Å²) in [5.74, 6) is -2.36. The summed E-state index contributed by atoms with van der Waals surface area (Å²) >= 11 is 0. The predicted octanol–water partition coefficient (Wildman–Crippen LogP) is 2.65. The van der Waals surface area contributed by atoms with Crippen LogP contribution in [-0.2, 0) is 6.42 Å². The number of aryl methyl sites for hydroxylation is 1. The highest BCUT2D eigenvalue weighted by Crippen LogP contribution is 2.24. The zero-order valence-corrected chi connectivity index (χ0v) is 10.2. The van der Waals surface area contributed by atoms with E-state index in [-0.39, 0.29) is 11.1 Å². The molecule has 1 rings (SSSR count). The molecule has 0 fully saturated rings. The van der Waals surface area contributed by atoms with Crippen molar-refractivity contribution in [2.24, 2.45) is 0 Å². The highest BCUT2D eigenvalue weighted by Gasteiger charge is 2.22. The van der Waals surface area contributed by atoms with Gasteiger partial charge in [0.2, 0.25) is 0 Å². The summed E-state index contributed by atoms with van der Waals surface area (Å²) in [7, 11) is 0. The van der Waals surface area contributed by atoms with E-state index in [1.54, 1.807) is 6.92 Å². The van der Waals surface area contributed by atoms with Crippen LogP contribution >= 0.6 is 0 Å². The topological polar surface area (TPSA) is 74.6 Å². The van der Waals surface area contributed by atoms with Gasteiger partial charge in [-0.25, -0.2) is 9.59 Å². The molecule has 0 heterocycles. The molecule has 2 N–H and O–H groups in total. The van der Waals surface area contributed by atoms with Crippen LogP contribution in [0, 0.1) is 13.8 Å². The highest BCUT2D eigenvalue weighted by molar-refractivity contribution is 6.03. The number of rotatable bonds is 4. The van der Waals surface area contributed by atoms with Gasteiger partial charge in [0.05, 0.1) is 11.1 Å². The van der Waals surface area contributed by atoms with Crippen molar-refractivity contribution < 1.29 is 19.8 Å². The van der Waals surface area contributed by atoms with Crippen molar-refractivity contribution in [2.45, 2.75) is 33.6 Å². The molecule has 0 aromatic heterocycles. The van der Waals surface area contributed by atoms with E-state index in [1.165, 1.54) is 6.07 Å². The second-order valence-corrected chi connectivity index (χ2v) is 4.08. The fourth-order valence-electron chi connectivity index (χ4n) is 1.96. The van der Waals surface area contributed by atoms with Crippen LogP contribution in [0.3, 0.4) is 0 Å². The summed E-state index contributed by atoms with van der Waals surface area (Å²) in [6.45, 7) is 5.57. The third-order valence-corrected chi connectivity index (χ3v) is 2.92. The van der Waals surface area contributed by atoms with E-state index in [1.807, 2.05) is 13.8 Å². The third kappa shape index (κ3) is 2.46. The molecule has 0 spiro atoms. The van der Waals surface area contributed by atoms with E-state index >= 15 is 0 Å². The lowest BCUT2D eigenvalue weighted by Crippen LogP contribution is -2.14. The Balaban J connectivity index is 3.63. The number of benzene rings is 1. The van der Waals surface area contributed by atoms with Crippen LogP contribution < -0.4 is 0 Å². The van der Waals surface area contributed by atoms with Crippen LogP contribution in [0.4, 0.5) is 0 Å². The first-order chi connectivity index (χ1) is 7.90. The van der Waals surface area contributed by atoms with Gasteiger partial charge in [0.25, 0.3) is 0 Å². The Labute approximate surface area is 99.9 Å². The van der Waals surface area contributed by atoms with Crippen molar-refractivity contribution in [3.63, 3.8) is 0 Å². The van der Waals surface area contributed by atoms with Gasteiger partial charge in [-0.2, -0.15) is 0 Å². The molecule has 0 saturated carbocycles. The third-order valence-electron chi connectivity index (χ3n) is 2.92. The highest BCUT2D eigenvalue weighted by atomic mass is 16.4. The smallest absolute Gasteiger partial charge is 0.336 e. The molecule has 0 aliphatic heterocycles. The molecule has 0 radical (unpaired) electrons. The monoisotopic (exact) mass is 236 g/mol. The Bertz CT molecular complexity index is 475. The maximum Gasteiger partial charge on any atom is 0.336 e. The van der Waals surface area contributed by atoms with Gasteiger partial charge in [0.15, 0.2) is 0 Å². The van der Waals surface area contributed by atoms with Gasteiger partial charge in [-0.3, -0.25) is 0 Å². The molecule has 4 nitrogen and oxygen atoms in total. The molecule has 0 bridgehead atoms. The van der Waals surface area contributed by atoms with Crippen LogP contribution in [0.5, 0.6) is 0 Å². The molecule has 4 heteroatoms. The van der Waals surface area contributed by atoms with Crippen LogP contribution in [0.25, 0.3) is 0 Å². The molecular weight excluding hydrogens is 220 g/mol. The standard InChI is InChI=1S/C13H16O4/c1-4-5-9-8(3)7(2)6-10(12(14)15)11(9)13(16)17/h6H,4-5H2,1-3H3,(H,14,15)(H,16,17). The first-order valence-corrected chi connectivity index (χ1v) is 5.49. The first-order valence-electron chi connectivity index (χ1n) is 5.49. The molecule has 0 aliphatic rings. The average Bonchev–Trinajstić information content (AvgIpc) is 2.23. The van der Waals surface area contributed by atoms with Gasteiger partial charge in [-0.05, 0) is 43.0 Å². The van der Waals surface area contributed by atoms with Crippen LogP contribution in [0.2, 0.25) is 0 Å². The second-order valence-electron chi connectivity index (χ2n) is 4.08. The fourth-order valence-corrected chi connectivity index (χ4v) is 1.96. The Kier molecular flexibility index (Phi) is 3.89. The van der Waals surface area contributed by atoms with Gasteiger partial charge in [0.1, 0.15) is 0 Å². The lowest BCUT2D eigenvalue weighted by molar-refractivity contribution is 0.0650. The van der Waals surface area contributed by atoms with E-state index < -0.39 is 11.9 Å². The average molecular weight is 236 g/mol. The van der Waals surface area contributed by atoms with E-state index in [0.717, 1.165) is 17.5 Å². The second kappa shape index (κ2) is 4.99.